The van der Waals surface area contributed by atoms with Crippen LogP contribution in [-0.2, 0) is 19.6 Å². The average Bonchev–Trinajstić information content (AvgIpc) is 3.20. The normalized spacial score (nSPS) is 17.0. The van der Waals surface area contributed by atoms with Gasteiger partial charge < -0.3 is 15.8 Å². The molecule has 0 bridgehead atoms. The number of primary amides is 1. The minimum atomic E-state index is -3.89. The number of halogens is 1. The summed E-state index contributed by atoms with van der Waals surface area (Å²) in [6.07, 6.45) is 1.69. The summed E-state index contributed by atoms with van der Waals surface area (Å²) in [4.78, 5) is 35.6. The van der Waals surface area contributed by atoms with Gasteiger partial charge in [0.1, 0.15) is 9.90 Å². The maximum absolute atomic E-state index is 13.0. The molecule has 9 nitrogen and oxygen atoms in total. The molecule has 32 heavy (non-hydrogen) atoms. The highest BCUT2D eigenvalue weighted by atomic mass is 35.5. The lowest BCUT2D eigenvalue weighted by atomic mass is 10.0. The summed E-state index contributed by atoms with van der Waals surface area (Å²) >= 11 is 7.23. The van der Waals surface area contributed by atoms with Crippen molar-refractivity contribution in [2.45, 2.75) is 24.7 Å². The summed E-state index contributed by atoms with van der Waals surface area (Å²) < 4.78 is 32.5. The Morgan fingerprint density at radius 1 is 1.31 bits per heavy atom. The van der Waals surface area contributed by atoms with Gasteiger partial charge in [0.2, 0.25) is 10.0 Å². The second-order valence-electron chi connectivity index (χ2n) is 7.41. The number of nitrogens with one attached hydrogen (secondary N) is 1. The molecule has 0 aliphatic carbocycles. The Bertz CT molecular complexity index is 1150. The van der Waals surface area contributed by atoms with E-state index in [-0.39, 0.29) is 32.0 Å². The quantitative estimate of drug-likeness (QED) is 0.562. The smallest absolute Gasteiger partial charge is 0.338 e. The molecule has 0 radical (unpaired) electrons. The van der Waals surface area contributed by atoms with E-state index in [0.29, 0.717) is 13.1 Å². The first-order valence-electron chi connectivity index (χ1n) is 9.73. The van der Waals surface area contributed by atoms with Crippen LogP contribution in [0.25, 0.3) is 0 Å². The van der Waals surface area contributed by atoms with Crippen molar-refractivity contribution >= 4 is 55.7 Å². The number of ether oxygens (including phenoxy) is 1. The van der Waals surface area contributed by atoms with Gasteiger partial charge in [-0.3, -0.25) is 9.59 Å². The number of nitrogens with zero attached hydrogens (tertiary/aromatic N) is 1. The van der Waals surface area contributed by atoms with Gasteiger partial charge in [-0.2, -0.15) is 4.31 Å². The van der Waals surface area contributed by atoms with E-state index in [0.717, 1.165) is 30.2 Å². The maximum atomic E-state index is 13.0. The number of benzene rings is 1. The van der Waals surface area contributed by atoms with Crippen LogP contribution in [0.15, 0.2) is 34.5 Å². The van der Waals surface area contributed by atoms with Crippen LogP contribution in [0.1, 0.15) is 40.5 Å². The number of carbonyl (C=O) groups excluding carboxylic acids is 3. The van der Waals surface area contributed by atoms with Crippen molar-refractivity contribution in [3.05, 3.63) is 45.8 Å². The second-order valence-corrected chi connectivity index (χ2v) is 10.6. The predicted molar refractivity (Wildman–Crippen MR) is 120 cm³/mol. The van der Waals surface area contributed by atoms with Crippen molar-refractivity contribution in [3.63, 3.8) is 0 Å². The third-order valence-corrected chi connectivity index (χ3v) is 8.10. The van der Waals surface area contributed by atoms with Gasteiger partial charge in [0.25, 0.3) is 11.8 Å². The number of hydrogen-bond donors (Lipinski definition) is 2. The fraction of sp³-hybridized carbons (Fsp3) is 0.350. The minimum absolute atomic E-state index is 0.00537. The fourth-order valence-electron chi connectivity index (χ4n) is 3.31. The number of thiophene rings is 1. The molecule has 0 saturated carbocycles. The molecule has 2 aromatic rings. The van der Waals surface area contributed by atoms with E-state index in [4.69, 9.17) is 22.1 Å². The molecule has 2 amide bonds. The molecule has 1 aliphatic heterocycles. The first-order chi connectivity index (χ1) is 15.1. The summed E-state index contributed by atoms with van der Waals surface area (Å²) in [5.41, 5.74) is 5.32. The Morgan fingerprint density at radius 2 is 2.06 bits per heavy atom. The largest absolute Gasteiger partial charge is 0.452 e. The van der Waals surface area contributed by atoms with E-state index in [1.54, 1.807) is 5.38 Å². The monoisotopic (exact) mass is 499 g/mol. The first-order valence-corrected chi connectivity index (χ1v) is 12.4. The van der Waals surface area contributed by atoms with Crippen molar-refractivity contribution in [2.75, 3.05) is 25.0 Å². The van der Waals surface area contributed by atoms with Gasteiger partial charge in [-0.1, -0.05) is 18.5 Å². The molecule has 1 fully saturated rings. The molecule has 172 valence electrons. The number of rotatable bonds is 7. The molecule has 1 aliphatic rings. The van der Waals surface area contributed by atoms with Gasteiger partial charge in [-0.05, 0) is 48.4 Å². The molecule has 12 heteroatoms. The molecule has 3 rings (SSSR count). The van der Waals surface area contributed by atoms with Crippen molar-refractivity contribution in [2.24, 2.45) is 11.7 Å². The number of carbonyl (C=O) groups is 3. The molecular formula is C20H22ClN3O6S2. The van der Waals surface area contributed by atoms with Crippen molar-refractivity contribution in [3.8, 4) is 0 Å². The molecule has 0 spiro atoms. The maximum Gasteiger partial charge on any atom is 0.338 e. The molecule has 3 N–H and O–H groups in total. The summed E-state index contributed by atoms with van der Waals surface area (Å²) in [5.74, 6) is -2.03. The van der Waals surface area contributed by atoms with E-state index < -0.39 is 34.4 Å². The summed E-state index contributed by atoms with van der Waals surface area (Å²) in [5, 5.41) is 4.27. The highest BCUT2D eigenvalue weighted by Gasteiger charge is 2.31. The number of anilines is 1. The lowest BCUT2D eigenvalue weighted by molar-refractivity contribution is -0.119. The molecule has 2 heterocycles. The Kier molecular flexibility index (Phi) is 7.55. The van der Waals surface area contributed by atoms with E-state index >= 15 is 0 Å². The van der Waals surface area contributed by atoms with E-state index in [1.165, 1.54) is 22.5 Å². The van der Waals surface area contributed by atoms with Crippen LogP contribution in [0.4, 0.5) is 5.00 Å². The Balaban J connectivity index is 1.69. The van der Waals surface area contributed by atoms with Gasteiger partial charge in [0.15, 0.2) is 6.61 Å². The Labute approximate surface area is 194 Å². The van der Waals surface area contributed by atoms with Gasteiger partial charge in [0, 0.05) is 13.1 Å². The van der Waals surface area contributed by atoms with Crippen LogP contribution in [0.5, 0.6) is 0 Å². The molecule has 1 aromatic heterocycles. The number of esters is 1. The van der Waals surface area contributed by atoms with Crippen molar-refractivity contribution < 1.29 is 27.5 Å². The molecule has 1 aromatic carbocycles. The van der Waals surface area contributed by atoms with Gasteiger partial charge in [-0.25, -0.2) is 13.2 Å². The Morgan fingerprint density at radius 3 is 2.75 bits per heavy atom. The van der Waals surface area contributed by atoms with Crippen molar-refractivity contribution in [1.82, 2.24) is 4.31 Å². The summed E-state index contributed by atoms with van der Waals surface area (Å²) in [6.45, 7) is 2.10. The van der Waals surface area contributed by atoms with Crippen LogP contribution in [0.3, 0.4) is 0 Å². The lowest BCUT2D eigenvalue weighted by Crippen LogP contribution is -2.39. The van der Waals surface area contributed by atoms with Gasteiger partial charge >= 0.3 is 5.97 Å². The number of nitrogens with two attached hydrogens (primary N) is 1. The molecule has 1 atom stereocenters. The number of amides is 2. The van der Waals surface area contributed by atoms with Crippen LogP contribution in [-0.4, -0.2) is 50.2 Å². The lowest BCUT2D eigenvalue weighted by Gasteiger charge is -2.30. The Hall–Kier alpha value is -2.47. The SMILES string of the molecule is CC1CCCN(S(=O)(=O)c2cc(C(=O)OCC(=O)Nc3sccc3C(N)=O)ccc2Cl)C1. The second kappa shape index (κ2) is 9.99. The first kappa shape index (κ1) is 24.2. The summed E-state index contributed by atoms with van der Waals surface area (Å²) in [6, 6.07) is 5.25. The third kappa shape index (κ3) is 5.47. The topological polar surface area (TPSA) is 136 Å². The minimum Gasteiger partial charge on any atom is -0.452 e. The van der Waals surface area contributed by atoms with Crippen LogP contribution < -0.4 is 11.1 Å². The van der Waals surface area contributed by atoms with Crippen LogP contribution in [0, 0.1) is 5.92 Å². The molecular weight excluding hydrogens is 478 g/mol. The van der Waals surface area contributed by atoms with E-state index in [2.05, 4.69) is 5.32 Å². The van der Waals surface area contributed by atoms with Crippen LogP contribution >= 0.6 is 22.9 Å². The predicted octanol–water partition coefficient (Wildman–Crippen LogP) is 2.72. The highest BCUT2D eigenvalue weighted by Crippen LogP contribution is 2.29. The van der Waals surface area contributed by atoms with E-state index in [1.807, 2.05) is 6.92 Å². The van der Waals surface area contributed by atoms with E-state index in [9.17, 15) is 22.8 Å². The average molecular weight is 500 g/mol. The third-order valence-electron chi connectivity index (χ3n) is 4.92. The fourth-order valence-corrected chi connectivity index (χ4v) is 6.22. The zero-order chi connectivity index (χ0) is 23.5. The van der Waals surface area contributed by atoms with Crippen LogP contribution in [0.2, 0.25) is 5.02 Å². The standard InChI is InChI=1S/C20H22ClN3O6S2/c1-12-3-2-7-24(10-12)32(28,29)16-9-13(4-5-15(16)21)20(27)30-11-17(25)23-19-14(18(22)26)6-8-31-19/h4-6,8-9,12H,2-3,7,10-11H2,1H3,(H2,22,26)(H,23,25). The zero-order valence-electron chi connectivity index (χ0n) is 17.2. The number of piperidine rings is 1. The zero-order valence-corrected chi connectivity index (χ0v) is 19.6. The van der Waals surface area contributed by atoms with Gasteiger partial charge in [0.05, 0.1) is 16.1 Å². The number of hydrogen-bond acceptors (Lipinski definition) is 7. The van der Waals surface area contributed by atoms with Crippen molar-refractivity contribution in [1.29, 1.82) is 0 Å². The molecule has 1 unspecified atom stereocenters. The number of sulfonamides is 1. The molecule has 1 saturated heterocycles. The highest BCUT2D eigenvalue weighted by molar-refractivity contribution is 7.89. The summed E-state index contributed by atoms with van der Waals surface area (Å²) in [7, 11) is -3.89. The van der Waals surface area contributed by atoms with Gasteiger partial charge in [-0.15, -0.1) is 11.3 Å².